The maximum absolute atomic E-state index is 11.9. The van der Waals surface area contributed by atoms with Gasteiger partial charge in [-0.15, -0.1) is 0 Å². The van der Waals surface area contributed by atoms with E-state index < -0.39 is 0 Å². The van der Waals surface area contributed by atoms with E-state index in [1.807, 2.05) is 11.5 Å². The minimum absolute atomic E-state index is 0.139. The van der Waals surface area contributed by atoms with Gasteiger partial charge in [-0.3, -0.25) is 9.89 Å². The molecule has 0 radical (unpaired) electrons. The highest BCUT2D eigenvalue weighted by Crippen LogP contribution is 2.14. The molecule has 0 fully saturated rings. The van der Waals surface area contributed by atoms with Gasteiger partial charge in [0.15, 0.2) is 0 Å². The fourth-order valence-corrected chi connectivity index (χ4v) is 1.80. The fraction of sp³-hybridized carbons (Fsp3) is 0.273. The Kier molecular flexibility index (Phi) is 3.49. The van der Waals surface area contributed by atoms with Crippen LogP contribution in [0, 0.1) is 0 Å². The van der Waals surface area contributed by atoms with Crippen LogP contribution in [0.15, 0.2) is 24.7 Å². The largest absolute Gasteiger partial charge is 0.347 e. The van der Waals surface area contributed by atoms with E-state index in [4.69, 9.17) is 11.6 Å². The summed E-state index contributed by atoms with van der Waals surface area (Å²) in [5.74, 6) is -0.139. The van der Waals surface area contributed by atoms with Gasteiger partial charge in [0.05, 0.1) is 11.2 Å². The smallest absolute Gasteiger partial charge is 0.268 e. The van der Waals surface area contributed by atoms with Gasteiger partial charge in [0, 0.05) is 31.0 Å². The van der Waals surface area contributed by atoms with Crippen molar-refractivity contribution in [2.75, 3.05) is 0 Å². The number of aromatic nitrogens is 3. The minimum Gasteiger partial charge on any atom is -0.347 e. The molecule has 0 aliphatic rings. The topological polar surface area (TPSA) is 62.7 Å². The van der Waals surface area contributed by atoms with E-state index in [9.17, 15) is 4.79 Å². The zero-order chi connectivity index (χ0) is 12.3. The highest BCUT2D eigenvalue weighted by Gasteiger charge is 2.11. The zero-order valence-corrected chi connectivity index (χ0v) is 10.2. The first-order valence-corrected chi connectivity index (χ1v) is 5.70. The second-order valence-electron chi connectivity index (χ2n) is 3.62. The number of carbonyl (C=O) groups excluding carboxylic acids is 1. The van der Waals surface area contributed by atoms with Crippen molar-refractivity contribution in [1.82, 2.24) is 20.1 Å². The van der Waals surface area contributed by atoms with Crippen LogP contribution in [0.1, 0.15) is 23.0 Å². The summed E-state index contributed by atoms with van der Waals surface area (Å²) in [6.07, 6.45) is 5.16. The Labute approximate surface area is 104 Å². The van der Waals surface area contributed by atoms with Crippen LogP contribution in [0.5, 0.6) is 0 Å². The van der Waals surface area contributed by atoms with Gasteiger partial charge >= 0.3 is 0 Å². The summed E-state index contributed by atoms with van der Waals surface area (Å²) in [5, 5.41) is 9.88. The maximum atomic E-state index is 11.9. The van der Waals surface area contributed by atoms with Crippen molar-refractivity contribution in [2.45, 2.75) is 20.0 Å². The van der Waals surface area contributed by atoms with Gasteiger partial charge in [0.1, 0.15) is 5.69 Å². The quantitative estimate of drug-likeness (QED) is 0.872. The Hall–Kier alpha value is -1.75. The number of halogens is 1. The lowest BCUT2D eigenvalue weighted by molar-refractivity contribution is 0.0942. The predicted octanol–water partition coefficient (Wildman–Crippen LogP) is 1.81. The predicted molar refractivity (Wildman–Crippen MR) is 64.9 cm³/mol. The summed E-state index contributed by atoms with van der Waals surface area (Å²) in [5.41, 5.74) is 1.50. The van der Waals surface area contributed by atoms with Crippen molar-refractivity contribution in [3.63, 3.8) is 0 Å². The molecule has 0 saturated heterocycles. The molecule has 0 atom stereocenters. The number of H-pyrrole nitrogens is 1. The van der Waals surface area contributed by atoms with E-state index in [2.05, 4.69) is 15.5 Å². The van der Waals surface area contributed by atoms with Crippen LogP contribution >= 0.6 is 11.6 Å². The molecule has 0 aliphatic carbocycles. The molecule has 17 heavy (non-hydrogen) atoms. The van der Waals surface area contributed by atoms with E-state index in [-0.39, 0.29) is 5.91 Å². The number of nitrogens with one attached hydrogen (secondary N) is 2. The fourth-order valence-electron chi connectivity index (χ4n) is 1.57. The Morgan fingerprint density at radius 3 is 3.12 bits per heavy atom. The van der Waals surface area contributed by atoms with E-state index in [1.165, 1.54) is 0 Å². The second kappa shape index (κ2) is 5.05. The Balaban J connectivity index is 2.04. The first kappa shape index (κ1) is 11.7. The molecule has 2 rings (SSSR count). The van der Waals surface area contributed by atoms with Gasteiger partial charge < -0.3 is 9.88 Å². The van der Waals surface area contributed by atoms with Gasteiger partial charge in [0.25, 0.3) is 5.91 Å². The number of hydrogen-bond donors (Lipinski definition) is 2. The molecule has 5 nitrogen and oxygen atoms in total. The van der Waals surface area contributed by atoms with Crippen LogP contribution in [0.2, 0.25) is 5.02 Å². The third kappa shape index (κ3) is 2.68. The monoisotopic (exact) mass is 252 g/mol. The van der Waals surface area contributed by atoms with Crippen LogP contribution in [-0.2, 0) is 13.1 Å². The molecule has 1 amide bonds. The van der Waals surface area contributed by atoms with Gasteiger partial charge in [-0.05, 0) is 13.0 Å². The molecular formula is C11H13ClN4O. The number of amides is 1. The third-order valence-electron chi connectivity index (χ3n) is 2.44. The highest BCUT2D eigenvalue weighted by molar-refractivity contribution is 6.31. The highest BCUT2D eigenvalue weighted by atomic mass is 35.5. The van der Waals surface area contributed by atoms with E-state index in [0.717, 1.165) is 5.56 Å². The van der Waals surface area contributed by atoms with E-state index in [0.29, 0.717) is 23.8 Å². The summed E-state index contributed by atoms with van der Waals surface area (Å²) in [6.45, 7) is 3.12. The molecule has 2 N–H and O–H groups in total. The number of aryl methyl sites for hydroxylation is 1. The molecule has 6 heteroatoms. The summed E-state index contributed by atoms with van der Waals surface area (Å²) in [7, 11) is 0. The third-order valence-corrected chi connectivity index (χ3v) is 2.65. The van der Waals surface area contributed by atoms with Crippen molar-refractivity contribution in [1.29, 1.82) is 0 Å². The number of hydrogen-bond acceptors (Lipinski definition) is 2. The van der Waals surface area contributed by atoms with Crippen molar-refractivity contribution in [2.24, 2.45) is 0 Å². The second-order valence-corrected chi connectivity index (χ2v) is 4.06. The van der Waals surface area contributed by atoms with Crippen molar-refractivity contribution in [3.05, 3.63) is 40.9 Å². The van der Waals surface area contributed by atoms with Gasteiger partial charge in [-0.1, -0.05) is 11.6 Å². The molecular weight excluding hydrogens is 240 g/mol. The lowest BCUT2D eigenvalue weighted by Crippen LogP contribution is -2.25. The van der Waals surface area contributed by atoms with E-state index in [1.54, 1.807) is 24.7 Å². The van der Waals surface area contributed by atoms with Gasteiger partial charge in [-0.25, -0.2) is 0 Å². The molecule has 2 aromatic heterocycles. The van der Waals surface area contributed by atoms with Crippen LogP contribution in [0.3, 0.4) is 0 Å². The molecule has 2 heterocycles. The van der Waals surface area contributed by atoms with Gasteiger partial charge in [-0.2, -0.15) is 5.10 Å². The normalized spacial score (nSPS) is 10.5. The first-order chi connectivity index (χ1) is 8.20. The van der Waals surface area contributed by atoms with Crippen LogP contribution in [0.4, 0.5) is 0 Å². The van der Waals surface area contributed by atoms with Crippen LogP contribution in [0.25, 0.3) is 0 Å². The number of rotatable bonds is 4. The Morgan fingerprint density at radius 1 is 1.65 bits per heavy atom. The number of carbonyl (C=O) groups is 1. The minimum atomic E-state index is -0.139. The average molecular weight is 253 g/mol. The molecule has 0 unspecified atom stereocenters. The molecule has 90 valence electrons. The van der Waals surface area contributed by atoms with Crippen molar-refractivity contribution >= 4 is 17.5 Å². The van der Waals surface area contributed by atoms with E-state index >= 15 is 0 Å². The van der Waals surface area contributed by atoms with Crippen LogP contribution in [-0.4, -0.2) is 20.7 Å². The molecule has 0 saturated carbocycles. The first-order valence-electron chi connectivity index (χ1n) is 5.32. The molecule has 2 aromatic rings. The van der Waals surface area contributed by atoms with Crippen molar-refractivity contribution < 1.29 is 4.79 Å². The summed E-state index contributed by atoms with van der Waals surface area (Å²) in [6, 6.07) is 1.66. The van der Waals surface area contributed by atoms with Gasteiger partial charge in [0.2, 0.25) is 0 Å². The lowest BCUT2D eigenvalue weighted by Gasteiger charge is -2.06. The Bertz CT molecular complexity index is 504. The molecule has 0 aliphatic heterocycles. The Morgan fingerprint density at radius 2 is 2.47 bits per heavy atom. The number of nitrogens with zero attached hydrogens (tertiary/aromatic N) is 2. The maximum Gasteiger partial charge on any atom is 0.268 e. The zero-order valence-electron chi connectivity index (χ0n) is 9.40. The van der Waals surface area contributed by atoms with Crippen molar-refractivity contribution in [3.8, 4) is 0 Å². The lowest BCUT2D eigenvalue weighted by atomic mass is 10.3. The van der Waals surface area contributed by atoms with Crippen LogP contribution < -0.4 is 5.32 Å². The molecule has 0 bridgehead atoms. The SMILES string of the molecule is CCn1cc(Cl)cc1C(=O)NCc1cn[nH]c1. The summed E-state index contributed by atoms with van der Waals surface area (Å²) >= 11 is 5.87. The molecule has 0 aromatic carbocycles. The standard InChI is InChI=1S/C11H13ClN4O/c1-2-16-7-9(12)3-10(16)11(17)13-4-8-5-14-15-6-8/h3,5-7H,2,4H2,1H3,(H,13,17)(H,14,15). The summed E-state index contributed by atoms with van der Waals surface area (Å²) < 4.78 is 1.81. The molecule has 0 spiro atoms. The number of aromatic amines is 1. The summed E-state index contributed by atoms with van der Waals surface area (Å²) in [4.78, 5) is 11.9. The average Bonchev–Trinajstić information content (AvgIpc) is 2.94.